The van der Waals surface area contributed by atoms with Gasteiger partial charge in [0.05, 0.1) is 27.2 Å². The third kappa shape index (κ3) is 9.71. The molecule has 0 radical (unpaired) electrons. The molecule has 0 aliphatic carbocycles. The normalized spacial score (nSPS) is 14.2. The van der Waals surface area contributed by atoms with Gasteiger partial charge in [-0.25, -0.2) is 12.7 Å². The molecule has 17 heavy (non-hydrogen) atoms. The van der Waals surface area contributed by atoms with Crippen molar-refractivity contribution in [1.82, 2.24) is 4.31 Å². The second kappa shape index (κ2) is 5.78. The van der Waals surface area contributed by atoms with Crippen molar-refractivity contribution in [3.63, 3.8) is 0 Å². The van der Waals surface area contributed by atoms with Crippen molar-refractivity contribution in [3.05, 3.63) is 0 Å². The summed E-state index contributed by atoms with van der Waals surface area (Å²) in [4.78, 5) is 0. The van der Waals surface area contributed by atoms with Crippen LogP contribution in [0.25, 0.3) is 0 Å². The molecule has 0 aliphatic rings. The van der Waals surface area contributed by atoms with E-state index in [1.54, 1.807) is 0 Å². The Morgan fingerprint density at radius 1 is 1.06 bits per heavy atom. The summed E-state index contributed by atoms with van der Waals surface area (Å²) < 4.78 is 50.4. The highest BCUT2D eigenvalue weighted by Gasteiger charge is 2.24. The second-order valence-corrected chi connectivity index (χ2v) is 14.2. The van der Waals surface area contributed by atoms with E-state index in [0.717, 1.165) is 12.5 Å². The Kier molecular flexibility index (Phi) is 5.80. The lowest BCUT2D eigenvalue weighted by molar-refractivity contribution is 0.288. The summed E-state index contributed by atoms with van der Waals surface area (Å²) in [7, 11) is -8.43. The van der Waals surface area contributed by atoms with E-state index in [1.807, 2.05) is 19.6 Å². The smallest absolute Gasteiger partial charge is 0.264 e. The third-order valence-corrected chi connectivity index (χ3v) is 5.16. The summed E-state index contributed by atoms with van der Waals surface area (Å²) in [6.07, 6.45) is 2.52. The first-order chi connectivity index (χ1) is 7.31. The maximum absolute atomic E-state index is 11.5. The molecule has 0 amide bonds. The molecular weight excluding hydrogens is 282 g/mol. The quantitative estimate of drug-likeness (QED) is 0.492. The molecule has 0 fully saturated rings. The molecule has 0 aromatic heterocycles. The van der Waals surface area contributed by atoms with E-state index >= 15 is 0 Å². The Bertz CT molecular complexity index is 437. The lowest BCUT2D eigenvalue weighted by Gasteiger charge is -2.26. The largest absolute Gasteiger partial charge is 0.269 e. The minimum absolute atomic E-state index is 0.0656. The predicted octanol–water partition coefficient (Wildman–Crippen LogP) is 0.102. The zero-order chi connectivity index (χ0) is 13.9. The Morgan fingerprint density at radius 2 is 1.53 bits per heavy atom. The molecule has 0 heterocycles. The molecule has 0 bridgehead atoms. The highest BCUT2D eigenvalue weighted by molar-refractivity contribution is 7.88. The van der Waals surface area contributed by atoms with Crippen LogP contribution in [0.15, 0.2) is 0 Å². The third-order valence-electron chi connectivity index (χ3n) is 1.76. The number of rotatable bonds is 7. The van der Waals surface area contributed by atoms with Crippen molar-refractivity contribution >= 4 is 28.2 Å². The van der Waals surface area contributed by atoms with Gasteiger partial charge in [0.15, 0.2) is 0 Å². The van der Waals surface area contributed by atoms with Gasteiger partial charge < -0.3 is 0 Å². The fraction of sp³-hybridized carbons (Fsp3) is 1.00. The topological polar surface area (TPSA) is 80.8 Å². The molecule has 0 aromatic carbocycles. The van der Waals surface area contributed by atoms with Crippen LogP contribution in [0.5, 0.6) is 0 Å². The summed E-state index contributed by atoms with van der Waals surface area (Å²) in [5, 5.41) is 0. The molecule has 0 N–H and O–H groups in total. The first-order valence-corrected chi connectivity index (χ1v) is 12.5. The minimum Gasteiger partial charge on any atom is -0.269 e. The molecule has 0 unspecified atom stereocenters. The Morgan fingerprint density at radius 3 is 1.82 bits per heavy atom. The number of sulfonamides is 1. The Balaban J connectivity index is 4.54. The minimum atomic E-state index is -3.52. The van der Waals surface area contributed by atoms with Crippen LogP contribution in [0.2, 0.25) is 19.6 Å². The summed E-state index contributed by atoms with van der Waals surface area (Å²) in [6.45, 7) is 6.06. The van der Waals surface area contributed by atoms with Crippen LogP contribution in [0.1, 0.15) is 0 Å². The zero-order valence-corrected chi connectivity index (χ0v) is 13.6. The highest BCUT2D eigenvalue weighted by Crippen LogP contribution is 2.08. The number of nitrogens with zero attached hydrogens (tertiary/aromatic N) is 1. The maximum atomic E-state index is 11.5. The van der Waals surface area contributed by atoms with Crippen LogP contribution in [0.3, 0.4) is 0 Å². The van der Waals surface area contributed by atoms with E-state index in [1.165, 1.54) is 4.31 Å². The monoisotopic (exact) mass is 303 g/mol. The van der Waals surface area contributed by atoms with Gasteiger partial charge in [0.1, 0.15) is 0 Å². The van der Waals surface area contributed by atoms with Gasteiger partial charge in [0.25, 0.3) is 10.1 Å². The Labute approximate surface area is 105 Å². The van der Waals surface area contributed by atoms with Gasteiger partial charge in [-0.15, -0.1) is 0 Å². The number of hydrogen-bond acceptors (Lipinski definition) is 5. The van der Waals surface area contributed by atoms with Crippen molar-refractivity contribution in [2.45, 2.75) is 19.6 Å². The summed E-state index contributed by atoms with van der Waals surface area (Å²) in [5.41, 5.74) is 0. The lowest BCUT2D eigenvalue weighted by Crippen LogP contribution is -2.44. The first kappa shape index (κ1) is 17.0. The van der Waals surface area contributed by atoms with E-state index in [-0.39, 0.29) is 13.2 Å². The fourth-order valence-electron chi connectivity index (χ4n) is 1.18. The van der Waals surface area contributed by atoms with Gasteiger partial charge in [-0.3, -0.25) is 4.18 Å². The molecule has 104 valence electrons. The van der Waals surface area contributed by atoms with Crippen molar-refractivity contribution in [2.24, 2.45) is 0 Å². The predicted molar refractivity (Wildman–Crippen MR) is 70.6 cm³/mol. The van der Waals surface area contributed by atoms with E-state index in [0.29, 0.717) is 6.17 Å². The van der Waals surface area contributed by atoms with Crippen LogP contribution < -0.4 is 0 Å². The van der Waals surface area contributed by atoms with Crippen LogP contribution in [-0.4, -0.2) is 61.0 Å². The average molecular weight is 303 g/mol. The molecule has 0 spiro atoms. The molecule has 6 nitrogen and oxygen atoms in total. The molecular formula is C8H21NO5S2Si. The van der Waals surface area contributed by atoms with Gasteiger partial charge in [0, 0.05) is 12.7 Å². The van der Waals surface area contributed by atoms with E-state index in [9.17, 15) is 16.8 Å². The van der Waals surface area contributed by atoms with E-state index in [4.69, 9.17) is 0 Å². The van der Waals surface area contributed by atoms with Crippen LogP contribution in [-0.2, 0) is 24.3 Å². The molecule has 0 atom stereocenters. The van der Waals surface area contributed by atoms with Crippen LogP contribution in [0.4, 0.5) is 0 Å². The maximum Gasteiger partial charge on any atom is 0.264 e. The second-order valence-electron chi connectivity index (χ2n) is 5.18. The van der Waals surface area contributed by atoms with Crippen molar-refractivity contribution in [3.8, 4) is 0 Å². The van der Waals surface area contributed by atoms with E-state index < -0.39 is 28.2 Å². The summed E-state index contributed by atoms with van der Waals surface area (Å²) >= 11 is 0. The van der Waals surface area contributed by atoms with Crippen molar-refractivity contribution in [1.29, 1.82) is 0 Å². The molecule has 9 heteroatoms. The van der Waals surface area contributed by atoms with Crippen molar-refractivity contribution < 1.29 is 21.0 Å². The SMILES string of the molecule is C[Si](C)(C)CN(CCOS(C)(=O)=O)S(C)(=O)=O. The lowest BCUT2D eigenvalue weighted by atomic mass is 10.7. The van der Waals surface area contributed by atoms with Gasteiger partial charge in [-0.1, -0.05) is 19.6 Å². The molecule has 0 rings (SSSR count). The van der Waals surface area contributed by atoms with Gasteiger partial charge >= 0.3 is 0 Å². The van der Waals surface area contributed by atoms with Crippen LogP contribution in [0, 0.1) is 0 Å². The summed E-state index contributed by atoms with van der Waals surface area (Å²) in [6, 6.07) is 0. The van der Waals surface area contributed by atoms with Crippen molar-refractivity contribution in [2.75, 3.05) is 31.8 Å². The van der Waals surface area contributed by atoms with Crippen LogP contribution >= 0.6 is 0 Å². The highest BCUT2D eigenvalue weighted by atomic mass is 32.2. The van der Waals surface area contributed by atoms with Gasteiger partial charge in [0.2, 0.25) is 10.0 Å². The van der Waals surface area contributed by atoms with E-state index in [2.05, 4.69) is 4.18 Å². The molecule has 0 saturated heterocycles. The van der Waals surface area contributed by atoms with Gasteiger partial charge in [-0.2, -0.15) is 8.42 Å². The first-order valence-electron chi connectivity index (χ1n) is 5.11. The zero-order valence-electron chi connectivity index (χ0n) is 10.9. The average Bonchev–Trinajstić information content (AvgIpc) is 1.95. The molecule has 0 aliphatic heterocycles. The van der Waals surface area contributed by atoms with Gasteiger partial charge in [-0.05, 0) is 0 Å². The fourth-order valence-corrected chi connectivity index (χ4v) is 5.28. The number of hydrogen-bond donors (Lipinski definition) is 0. The summed E-state index contributed by atoms with van der Waals surface area (Å²) in [5.74, 6) is 0. The Hall–Kier alpha value is 0.0369. The molecule has 0 saturated carbocycles. The standard InChI is InChI=1S/C8H21NO5S2Si/c1-15(10,11)9(8-17(3,4)5)6-7-14-16(2,12)13/h6-8H2,1-5H3. The molecule has 0 aromatic rings.